The van der Waals surface area contributed by atoms with Crippen LogP contribution in [0.15, 0.2) is 34.9 Å². The zero-order valence-corrected chi connectivity index (χ0v) is 16.3. The fourth-order valence-electron chi connectivity index (χ4n) is 6.56. The third-order valence-electron chi connectivity index (χ3n) is 7.21. The summed E-state index contributed by atoms with van der Waals surface area (Å²) in [5, 5.41) is 11.0. The molecule has 1 aromatic rings. The van der Waals surface area contributed by atoms with E-state index in [-0.39, 0.29) is 34.2 Å². The van der Waals surface area contributed by atoms with Crippen LogP contribution in [0.1, 0.15) is 51.0 Å². The van der Waals surface area contributed by atoms with Crippen molar-refractivity contribution in [1.82, 2.24) is 4.31 Å². The molecule has 0 aromatic heterocycles. The number of fused-ring (bicyclic) bond motifs is 1. The number of carbonyl (C=O) groups is 1. The van der Waals surface area contributed by atoms with Crippen molar-refractivity contribution in [3.63, 3.8) is 0 Å². The minimum Gasteiger partial charge on any atom is -0.505 e. The number of aliphatic hydroxyl groups excluding tert-OH is 1. The second-order valence-electron chi connectivity index (χ2n) is 8.89. The van der Waals surface area contributed by atoms with E-state index in [9.17, 15) is 18.3 Å². The van der Waals surface area contributed by atoms with E-state index in [1.807, 2.05) is 0 Å². The van der Waals surface area contributed by atoms with Gasteiger partial charge in [0.25, 0.3) is 10.0 Å². The Kier molecular flexibility index (Phi) is 3.58. The van der Waals surface area contributed by atoms with Gasteiger partial charge in [0.15, 0.2) is 11.5 Å². The van der Waals surface area contributed by atoms with Gasteiger partial charge >= 0.3 is 0 Å². The Morgan fingerprint density at radius 2 is 1.67 bits per heavy atom. The van der Waals surface area contributed by atoms with E-state index in [4.69, 9.17) is 0 Å². The Hall–Kier alpha value is -1.82. The molecule has 5 aliphatic rings. The minimum atomic E-state index is -3.84. The number of ketones is 1. The lowest BCUT2D eigenvalue weighted by molar-refractivity contribution is -0.140. The molecule has 1 heterocycles. The fourth-order valence-corrected chi connectivity index (χ4v) is 8.24. The number of hydrogen-bond donors (Lipinski definition) is 1. The molecule has 6 heteroatoms. The first-order valence-electron chi connectivity index (χ1n) is 9.96. The number of carbonyl (C=O) groups excluding carboxylic acids is 1. The van der Waals surface area contributed by atoms with Crippen LogP contribution in [0.4, 0.5) is 0 Å². The van der Waals surface area contributed by atoms with Crippen molar-refractivity contribution >= 4 is 21.6 Å². The number of allylic oxidation sites excluding steroid dienone is 1. The minimum absolute atomic E-state index is 0.00171. The van der Waals surface area contributed by atoms with E-state index >= 15 is 0 Å². The van der Waals surface area contributed by atoms with E-state index < -0.39 is 15.4 Å². The van der Waals surface area contributed by atoms with Crippen LogP contribution in [0.2, 0.25) is 0 Å². The average molecular weight is 388 g/mol. The lowest BCUT2D eigenvalue weighted by atomic mass is 9.48. The van der Waals surface area contributed by atoms with Crippen molar-refractivity contribution in [3.05, 3.63) is 35.5 Å². The molecule has 5 nitrogen and oxygen atoms in total. The van der Waals surface area contributed by atoms with Crippen molar-refractivity contribution in [2.45, 2.75) is 50.3 Å². The Labute approximate surface area is 160 Å². The maximum Gasteiger partial charge on any atom is 0.265 e. The Bertz CT molecular complexity index is 927. The first-order chi connectivity index (χ1) is 12.9. The molecule has 1 aromatic carbocycles. The fraction of sp³-hybridized carbons (Fsp3) is 0.571. The third kappa shape index (κ3) is 2.28. The molecule has 144 valence electrons. The Morgan fingerprint density at radius 1 is 1.11 bits per heavy atom. The Morgan fingerprint density at radius 3 is 2.22 bits per heavy atom. The van der Waals surface area contributed by atoms with Crippen molar-refractivity contribution in [3.8, 4) is 0 Å². The molecule has 27 heavy (non-hydrogen) atoms. The van der Waals surface area contributed by atoms with Crippen LogP contribution in [0, 0.1) is 23.2 Å². The number of Topliss-reactive ketones (excluding diaryl/α,β-unsaturated/α-hetero) is 1. The van der Waals surface area contributed by atoms with Crippen molar-refractivity contribution in [1.29, 1.82) is 0 Å². The molecular formula is C21H25NO4S. The highest BCUT2D eigenvalue weighted by Crippen LogP contribution is 2.61. The first kappa shape index (κ1) is 17.3. The zero-order chi connectivity index (χ0) is 19.0. The number of hydrogen-bond acceptors (Lipinski definition) is 4. The summed E-state index contributed by atoms with van der Waals surface area (Å²) in [5.41, 5.74) is -0.249. The van der Waals surface area contributed by atoms with Crippen LogP contribution < -0.4 is 0 Å². The van der Waals surface area contributed by atoms with Gasteiger partial charge in [0.05, 0.1) is 4.90 Å². The zero-order valence-electron chi connectivity index (χ0n) is 15.5. The van der Waals surface area contributed by atoms with Crippen molar-refractivity contribution < 1.29 is 18.3 Å². The van der Waals surface area contributed by atoms with Gasteiger partial charge in [-0.05, 0) is 75.3 Å². The summed E-state index contributed by atoms with van der Waals surface area (Å²) < 4.78 is 27.4. The molecule has 0 amide bonds. The maximum atomic E-state index is 13.8. The summed E-state index contributed by atoms with van der Waals surface area (Å²) in [6, 6.07) is 6.42. The van der Waals surface area contributed by atoms with Crippen molar-refractivity contribution in [2.24, 2.45) is 23.2 Å². The highest BCUT2D eigenvalue weighted by atomic mass is 32.2. The average Bonchev–Trinajstić information content (AvgIpc) is 2.63. The predicted molar refractivity (Wildman–Crippen MR) is 101 cm³/mol. The summed E-state index contributed by atoms with van der Waals surface area (Å²) in [7, 11) is -3.84. The van der Waals surface area contributed by atoms with Gasteiger partial charge in [0.2, 0.25) is 0 Å². The van der Waals surface area contributed by atoms with Crippen LogP contribution in [-0.2, 0) is 14.8 Å². The predicted octanol–water partition coefficient (Wildman–Crippen LogP) is 3.72. The summed E-state index contributed by atoms with van der Waals surface area (Å²) >= 11 is 0. The molecule has 6 rings (SSSR count). The number of sulfonamides is 1. The SMILES string of the molecule is CCN1C(C(=O)C23CC4CC(CC(C4)C2)C3)=C(O)c2ccccc2S1(=O)=O. The van der Waals surface area contributed by atoms with Crippen molar-refractivity contribution in [2.75, 3.05) is 6.54 Å². The van der Waals surface area contributed by atoms with Gasteiger partial charge in [-0.15, -0.1) is 0 Å². The lowest BCUT2D eigenvalue weighted by Crippen LogP contribution is -2.52. The molecule has 1 N–H and O–H groups in total. The van der Waals surface area contributed by atoms with E-state index in [0.717, 1.165) is 23.6 Å². The Balaban J connectivity index is 1.66. The van der Waals surface area contributed by atoms with Crippen LogP contribution in [-0.4, -0.2) is 30.2 Å². The van der Waals surface area contributed by atoms with Gasteiger partial charge in [0.1, 0.15) is 5.70 Å². The summed E-state index contributed by atoms with van der Waals surface area (Å²) in [6.45, 7) is 1.85. The highest BCUT2D eigenvalue weighted by Gasteiger charge is 2.57. The molecule has 4 aliphatic carbocycles. The van der Waals surface area contributed by atoms with Gasteiger partial charge in [-0.2, -0.15) is 0 Å². The van der Waals surface area contributed by atoms with Crippen LogP contribution >= 0.6 is 0 Å². The molecule has 0 radical (unpaired) electrons. The monoisotopic (exact) mass is 387 g/mol. The highest BCUT2D eigenvalue weighted by molar-refractivity contribution is 7.89. The summed E-state index contributed by atoms with van der Waals surface area (Å²) in [4.78, 5) is 13.9. The summed E-state index contributed by atoms with van der Waals surface area (Å²) in [6.07, 6.45) is 6.14. The van der Waals surface area contributed by atoms with Gasteiger partial charge in [-0.3, -0.25) is 9.10 Å². The molecular weight excluding hydrogens is 362 g/mol. The van der Waals surface area contributed by atoms with Crippen LogP contribution in [0.25, 0.3) is 5.76 Å². The van der Waals surface area contributed by atoms with Crippen LogP contribution in [0.3, 0.4) is 0 Å². The van der Waals surface area contributed by atoms with Crippen LogP contribution in [0.5, 0.6) is 0 Å². The molecule has 0 saturated heterocycles. The second kappa shape index (κ2) is 5.60. The van der Waals surface area contributed by atoms with E-state index in [0.29, 0.717) is 17.8 Å². The first-order valence-corrected chi connectivity index (χ1v) is 11.4. The normalized spacial score (nSPS) is 36.0. The number of benzene rings is 1. The second-order valence-corrected chi connectivity index (χ2v) is 10.7. The lowest BCUT2D eigenvalue weighted by Gasteiger charge is -2.56. The van der Waals surface area contributed by atoms with E-state index in [1.165, 1.54) is 25.3 Å². The summed E-state index contributed by atoms with van der Waals surface area (Å²) in [5.74, 6) is 1.39. The smallest absolute Gasteiger partial charge is 0.265 e. The van der Waals surface area contributed by atoms with Gasteiger partial charge in [0, 0.05) is 17.5 Å². The largest absolute Gasteiger partial charge is 0.505 e. The molecule has 0 spiro atoms. The third-order valence-corrected chi connectivity index (χ3v) is 9.14. The molecule has 4 saturated carbocycles. The van der Waals surface area contributed by atoms with Gasteiger partial charge in [-0.25, -0.2) is 8.42 Å². The molecule has 4 bridgehead atoms. The quantitative estimate of drug-likeness (QED) is 0.858. The molecule has 0 unspecified atom stereocenters. The topological polar surface area (TPSA) is 74.7 Å². The molecule has 4 fully saturated rings. The maximum absolute atomic E-state index is 13.8. The standard InChI is InChI=1S/C21H25NO4S/c1-2-22-18(19(23)16-5-3-4-6-17(16)27(22,25)26)20(24)21-10-13-7-14(11-21)9-15(8-13)12-21/h3-6,13-15,23H,2,7-12H2,1H3. The molecule has 0 atom stereocenters. The number of rotatable bonds is 3. The van der Waals surface area contributed by atoms with E-state index in [1.54, 1.807) is 25.1 Å². The molecule has 1 aliphatic heterocycles. The number of aliphatic hydroxyl groups is 1. The van der Waals surface area contributed by atoms with E-state index in [2.05, 4.69) is 0 Å². The van der Waals surface area contributed by atoms with Gasteiger partial charge in [-0.1, -0.05) is 12.1 Å². The van der Waals surface area contributed by atoms with Gasteiger partial charge < -0.3 is 5.11 Å². The number of nitrogens with zero attached hydrogens (tertiary/aromatic N) is 1. The number of likely N-dealkylation sites (N-methyl/N-ethyl adjacent to an activating group) is 1.